The van der Waals surface area contributed by atoms with Crippen LogP contribution in [-0.2, 0) is 71.3 Å². The predicted molar refractivity (Wildman–Crippen MR) is 354 cm³/mol. The maximum atomic E-state index is 16.1. The molecule has 28 heteroatoms. The molecule has 3 saturated heterocycles. The molecule has 102 heavy (non-hydrogen) atoms. The predicted octanol–water partition coefficient (Wildman–Crippen LogP) is 1.44. The highest BCUT2D eigenvalue weighted by atomic mass is 16.8. The van der Waals surface area contributed by atoms with E-state index in [0.29, 0.717) is 37.7 Å². The van der Waals surface area contributed by atoms with Crippen molar-refractivity contribution in [2.75, 3.05) is 13.2 Å². The van der Waals surface area contributed by atoms with Gasteiger partial charge in [-0.05, 0) is 141 Å². The molecule has 3 heterocycles. The van der Waals surface area contributed by atoms with Crippen molar-refractivity contribution in [1.29, 1.82) is 0 Å². The van der Waals surface area contributed by atoms with Gasteiger partial charge in [0.15, 0.2) is 30.9 Å². The average Bonchev–Trinajstić information content (AvgIpc) is 0.670. The first-order valence-electron chi connectivity index (χ1n) is 36.2. The largest absolute Gasteiger partial charge is 0.481 e. The summed E-state index contributed by atoms with van der Waals surface area (Å²) in [6.45, 7) is 17.5. The number of aliphatic hydroxyl groups excluding tert-OH is 12. The molecular formula is C74H108O28. The van der Waals surface area contributed by atoms with Gasteiger partial charge in [0, 0.05) is 18.9 Å². The summed E-state index contributed by atoms with van der Waals surface area (Å²) in [6, 6.07) is 7.37. The number of allylic oxidation sites excluding steroid dienone is 2. The van der Waals surface area contributed by atoms with E-state index < -0.39 is 241 Å². The quantitative estimate of drug-likeness (QED) is 0.0325. The van der Waals surface area contributed by atoms with Crippen molar-refractivity contribution in [2.45, 2.75) is 287 Å². The monoisotopic (exact) mass is 1440 g/mol. The highest BCUT2D eigenvalue weighted by molar-refractivity contribution is 5.87. The number of carbonyl (C=O) groups is 5. The van der Waals surface area contributed by atoms with E-state index in [2.05, 4.69) is 46.8 Å². The number of ether oxygens (including phenoxy) is 10. The van der Waals surface area contributed by atoms with Gasteiger partial charge in [-0.25, -0.2) is 4.79 Å². The third-order valence-electron chi connectivity index (χ3n) is 26.3. The van der Waals surface area contributed by atoms with Gasteiger partial charge in [0.25, 0.3) is 0 Å². The Morgan fingerprint density at radius 3 is 1.97 bits per heavy atom. The Labute approximate surface area is 593 Å². The van der Waals surface area contributed by atoms with E-state index in [1.165, 1.54) is 6.08 Å². The van der Waals surface area contributed by atoms with E-state index in [-0.39, 0.29) is 49.4 Å². The zero-order valence-corrected chi connectivity index (χ0v) is 59.6. The minimum Gasteiger partial charge on any atom is -0.481 e. The smallest absolute Gasteiger partial charge is 0.331 e. The van der Waals surface area contributed by atoms with Crippen LogP contribution in [0.3, 0.4) is 0 Å². The van der Waals surface area contributed by atoms with Gasteiger partial charge in [0.1, 0.15) is 73.4 Å². The molecule has 25 unspecified atom stereocenters. The number of benzene rings is 1. The third kappa shape index (κ3) is 14.1. The zero-order valence-electron chi connectivity index (χ0n) is 59.6. The highest BCUT2D eigenvalue weighted by Crippen LogP contribution is 2.76. The summed E-state index contributed by atoms with van der Waals surface area (Å²) in [5.41, 5.74) is -3.61. The third-order valence-corrected chi connectivity index (χ3v) is 26.3. The summed E-state index contributed by atoms with van der Waals surface area (Å²) in [5, 5.41) is 144. The minimum atomic E-state index is -1.99. The lowest BCUT2D eigenvalue weighted by Crippen LogP contribution is -2.70. The number of carboxylic acids is 1. The van der Waals surface area contributed by atoms with Crippen LogP contribution in [0.4, 0.5) is 0 Å². The topological polar surface area (TPSA) is 441 Å². The number of esters is 3. The van der Waals surface area contributed by atoms with Crippen molar-refractivity contribution in [1.82, 2.24) is 0 Å². The van der Waals surface area contributed by atoms with Gasteiger partial charge in [-0.3, -0.25) is 14.4 Å². The second-order valence-corrected chi connectivity index (χ2v) is 33.1. The number of fused-ring (bicyclic) bond motifs is 7. The van der Waals surface area contributed by atoms with Crippen LogP contribution in [0.2, 0.25) is 0 Å². The molecule has 1 aromatic rings. The maximum Gasteiger partial charge on any atom is 0.331 e. The van der Waals surface area contributed by atoms with E-state index in [9.17, 15) is 85.6 Å². The number of carboxylic acid groups (broad SMARTS) is 1. The number of rotatable bonds is 18. The van der Waals surface area contributed by atoms with Crippen LogP contribution in [0.1, 0.15) is 144 Å². The molecule has 0 aromatic heterocycles. The molecule has 572 valence electrons. The van der Waals surface area contributed by atoms with Crippen LogP contribution in [-0.4, -0.2) is 257 Å². The van der Waals surface area contributed by atoms with E-state index in [0.717, 1.165) is 18.8 Å². The molecule has 35 atom stereocenters. The maximum absolute atomic E-state index is 16.1. The molecule has 0 amide bonds. The summed E-state index contributed by atoms with van der Waals surface area (Å²) in [7, 11) is 0. The highest BCUT2D eigenvalue weighted by Gasteiger charge is 2.74. The van der Waals surface area contributed by atoms with E-state index in [1.54, 1.807) is 26.8 Å². The normalized spacial score (nSPS) is 49.2. The number of aryl methyl sites for hydroxylation is 1. The average molecular weight is 1450 g/mol. The molecule has 7 aliphatic carbocycles. The first-order chi connectivity index (χ1) is 47.9. The fourth-order valence-electron chi connectivity index (χ4n) is 20.3. The Morgan fingerprint density at radius 1 is 0.627 bits per heavy atom. The fraction of sp³-hybridized carbons (Fsp3) is 0.797. The summed E-state index contributed by atoms with van der Waals surface area (Å²) in [4.78, 5) is 69.9. The van der Waals surface area contributed by atoms with Crippen molar-refractivity contribution in [2.24, 2.45) is 68.0 Å². The van der Waals surface area contributed by atoms with E-state index in [4.69, 9.17) is 47.4 Å². The van der Waals surface area contributed by atoms with Gasteiger partial charge >= 0.3 is 23.9 Å². The molecule has 11 rings (SSSR count). The number of aliphatic hydroxyl groups is 12. The lowest BCUT2D eigenvalue weighted by Gasteiger charge is -2.72. The van der Waals surface area contributed by atoms with E-state index in [1.807, 2.05) is 31.2 Å². The minimum absolute atomic E-state index is 0.0190. The van der Waals surface area contributed by atoms with Crippen molar-refractivity contribution >= 4 is 36.2 Å². The lowest BCUT2D eigenvalue weighted by molar-refractivity contribution is -0.358. The summed E-state index contributed by atoms with van der Waals surface area (Å²) < 4.78 is 63.0. The van der Waals surface area contributed by atoms with Gasteiger partial charge < -0.3 is 119 Å². The van der Waals surface area contributed by atoms with Crippen LogP contribution < -0.4 is 0 Å². The second-order valence-electron chi connectivity index (χ2n) is 33.1. The molecule has 0 radical (unpaired) electrons. The Hall–Kier alpha value is -4.51. The number of aldehydes is 1. The first-order valence-corrected chi connectivity index (χ1v) is 36.2. The SMILES string of the molecule is CC(=O)OC1C(OC(=O)/C=C\c2ccc(C)cc2)C(C)OC(OC(=O)[C@]23CCC(C)(C)C[C@H]2C2C=C[C@@H]4[C@@]5(C)CC[C@H](OC6CC(CC(=O)O)C(O)C(OC7OCC(O)C(O)C7O)C6OC6OC(CO)C(O)C(O)C6O)[C@@](C)(C=O)[C@@H]5CC[C@@]4(C)[C@]2(C)C[C@H]3O)C1OC1CC(C)C(O)C(O)C1O. The second kappa shape index (κ2) is 29.9. The molecular weight excluding hydrogens is 1340 g/mol. The van der Waals surface area contributed by atoms with Crippen LogP contribution in [0.5, 0.6) is 0 Å². The van der Waals surface area contributed by atoms with Crippen molar-refractivity contribution in [3.63, 3.8) is 0 Å². The zero-order chi connectivity index (χ0) is 74.4. The first kappa shape index (κ1) is 78.6. The molecule has 1 aromatic carbocycles. The van der Waals surface area contributed by atoms with Gasteiger partial charge in [0.05, 0.1) is 73.2 Å². The number of aliphatic carboxylic acids is 1. The summed E-state index contributed by atoms with van der Waals surface area (Å²) in [5.74, 6) is -7.21. The molecule has 10 aliphatic rings. The molecule has 0 bridgehead atoms. The Kier molecular flexibility index (Phi) is 23.0. The van der Waals surface area contributed by atoms with Crippen molar-refractivity contribution in [3.05, 3.63) is 53.6 Å². The molecule has 0 spiro atoms. The molecule has 28 nitrogen and oxygen atoms in total. The molecule has 13 N–H and O–H groups in total. The van der Waals surface area contributed by atoms with Crippen molar-refractivity contribution in [3.8, 4) is 0 Å². The van der Waals surface area contributed by atoms with Gasteiger partial charge in [0.2, 0.25) is 6.29 Å². The van der Waals surface area contributed by atoms with Gasteiger partial charge in [-0.1, -0.05) is 90.4 Å². The Balaban J connectivity index is 0.895. The fourth-order valence-corrected chi connectivity index (χ4v) is 20.3. The van der Waals surface area contributed by atoms with Crippen LogP contribution in [0, 0.1) is 74.9 Å². The summed E-state index contributed by atoms with van der Waals surface area (Å²) >= 11 is 0. The summed E-state index contributed by atoms with van der Waals surface area (Å²) in [6.07, 6.45) is -28.3. The van der Waals surface area contributed by atoms with Crippen LogP contribution >= 0.6 is 0 Å². The van der Waals surface area contributed by atoms with Crippen molar-refractivity contribution < 1.29 is 138 Å². The van der Waals surface area contributed by atoms with Crippen LogP contribution in [0.25, 0.3) is 6.08 Å². The molecule has 6 saturated carbocycles. The Morgan fingerprint density at radius 2 is 1.30 bits per heavy atom. The Bertz CT molecular complexity index is 3220. The number of carbonyl (C=O) groups excluding carboxylic acids is 4. The lowest BCUT2D eigenvalue weighted by atomic mass is 9.32. The van der Waals surface area contributed by atoms with E-state index >= 15 is 4.79 Å². The van der Waals surface area contributed by atoms with Gasteiger partial charge in [-0.2, -0.15) is 0 Å². The molecule has 3 aliphatic heterocycles. The number of hydrogen-bond donors (Lipinski definition) is 13. The number of hydrogen-bond acceptors (Lipinski definition) is 27. The standard InChI is InChI=1S/C74H108O28/c1-33-11-13-37(14-12-33)15-18-50(82)99-60-35(3)94-67(64(63(60)95-36(4)77)97-42-25-34(2)51(83)56(88)54(42)86)102-68(92)74-24-23-69(5,6)28-40(74)39-16-17-46-70(7)21-20-48(71(8,32-76)45(70)19-22-72(46,9)73(39,10)29-47(74)79)96-43-26-38(27-49(80)81)52(84)62(101-65-58(90)53(85)41(78)31-93-65)61(43)100-66-59(91)57(89)55(87)44(30-75)98-66/h11-18,32,34-35,38-48,51-67,75,78-79,83-91H,19-31H2,1-10H3,(H,80,81)/b18-15-/t34?,35?,38?,39?,40-,41?,42?,43?,44?,45+,46+,47+,48-,51?,52?,53?,54?,55?,56?,57?,58?,59?,60?,61?,62?,63?,64?,65?,66?,67?,70-,71-,72+,73+,74+/m0/s1. The molecule has 9 fully saturated rings. The van der Waals surface area contributed by atoms with Crippen LogP contribution in [0.15, 0.2) is 42.5 Å². The van der Waals surface area contributed by atoms with Gasteiger partial charge in [-0.15, -0.1) is 0 Å².